The molecule has 1 aromatic carbocycles. The summed E-state index contributed by atoms with van der Waals surface area (Å²) in [7, 11) is 1.97. The SMILES string of the molecule is CCNC(=NCCN1C(=O)CNC1=O)N(C)Cc1ccccc1C. The first-order valence-corrected chi connectivity index (χ1v) is 8.15. The van der Waals surface area contributed by atoms with Crippen LogP contribution in [0.3, 0.4) is 0 Å². The summed E-state index contributed by atoms with van der Waals surface area (Å²) in [6.07, 6.45) is 0. The maximum Gasteiger partial charge on any atom is 0.324 e. The molecule has 0 saturated carbocycles. The summed E-state index contributed by atoms with van der Waals surface area (Å²) in [6, 6.07) is 7.90. The quantitative estimate of drug-likeness (QED) is 0.462. The average Bonchev–Trinajstić information content (AvgIpc) is 2.88. The number of carbonyl (C=O) groups is 2. The molecule has 0 radical (unpaired) electrons. The van der Waals surface area contributed by atoms with Crippen molar-refractivity contribution < 1.29 is 9.59 Å². The minimum atomic E-state index is -0.339. The lowest BCUT2D eigenvalue weighted by atomic mass is 10.1. The van der Waals surface area contributed by atoms with E-state index in [9.17, 15) is 9.59 Å². The van der Waals surface area contributed by atoms with Crippen LogP contribution in [0.1, 0.15) is 18.1 Å². The largest absolute Gasteiger partial charge is 0.357 e. The Bertz CT molecular complexity index is 613. The molecule has 0 aromatic heterocycles. The predicted octanol–water partition coefficient (Wildman–Crippen LogP) is 0.944. The van der Waals surface area contributed by atoms with Gasteiger partial charge in [-0.3, -0.25) is 14.7 Å². The van der Waals surface area contributed by atoms with Gasteiger partial charge >= 0.3 is 6.03 Å². The molecular weight excluding hydrogens is 306 g/mol. The maximum absolute atomic E-state index is 11.6. The molecule has 130 valence electrons. The van der Waals surface area contributed by atoms with Crippen LogP contribution in [0.2, 0.25) is 0 Å². The highest BCUT2D eigenvalue weighted by Crippen LogP contribution is 2.09. The topological polar surface area (TPSA) is 77.0 Å². The molecule has 0 aliphatic carbocycles. The molecule has 3 amide bonds. The van der Waals surface area contributed by atoms with Crippen LogP contribution in [0.5, 0.6) is 0 Å². The molecule has 1 saturated heterocycles. The number of aliphatic imine (C=N–C) groups is 1. The fraction of sp³-hybridized carbons (Fsp3) is 0.471. The monoisotopic (exact) mass is 331 g/mol. The first kappa shape index (κ1) is 17.8. The molecule has 1 heterocycles. The molecule has 7 heteroatoms. The molecular formula is C17H25N5O2. The van der Waals surface area contributed by atoms with Crippen LogP contribution < -0.4 is 10.6 Å². The lowest BCUT2D eigenvalue weighted by Crippen LogP contribution is -2.39. The van der Waals surface area contributed by atoms with Gasteiger partial charge in [0.25, 0.3) is 0 Å². The number of amides is 3. The van der Waals surface area contributed by atoms with Crippen LogP contribution in [0.25, 0.3) is 0 Å². The predicted molar refractivity (Wildman–Crippen MR) is 93.7 cm³/mol. The Balaban J connectivity index is 1.98. The summed E-state index contributed by atoms with van der Waals surface area (Å²) in [5.41, 5.74) is 2.47. The van der Waals surface area contributed by atoms with Gasteiger partial charge in [-0.1, -0.05) is 24.3 Å². The number of nitrogens with zero attached hydrogens (tertiary/aromatic N) is 3. The summed E-state index contributed by atoms with van der Waals surface area (Å²) in [5, 5.41) is 5.75. The second-order valence-corrected chi connectivity index (χ2v) is 5.72. The molecule has 0 atom stereocenters. The van der Waals surface area contributed by atoms with Crippen molar-refractivity contribution in [3.05, 3.63) is 35.4 Å². The lowest BCUT2D eigenvalue weighted by molar-refractivity contribution is -0.124. The Morgan fingerprint density at radius 3 is 2.75 bits per heavy atom. The summed E-state index contributed by atoms with van der Waals surface area (Å²) in [4.78, 5) is 30.9. The van der Waals surface area contributed by atoms with E-state index in [1.54, 1.807) is 0 Å². The van der Waals surface area contributed by atoms with Crippen LogP contribution >= 0.6 is 0 Å². The number of carbonyl (C=O) groups excluding carboxylic acids is 2. The van der Waals surface area contributed by atoms with Gasteiger partial charge in [0.2, 0.25) is 5.91 Å². The Morgan fingerprint density at radius 2 is 2.12 bits per heavy atom. The Labute approximate surface area is 142 Å². The van der Waals surface area contributed by atoms with E-state index in [4.69, 9.17) is 0 Å². The average molecular weight is 331 g/mol. The highest BCUT2D eigenvalue weighted by Gasteiger charge is 2.27. The molecule has 0 bridgehead atoms. The van der Waals surface area contributed by atoms with Gasteiger partial charge in [-0.25, -0.2) is 4.79 Å². The molecule has 1 aliphatic heterocycles. The van der Waals surface area contributed by atoms with Gasteiger partial charge in [0, 0.05) is 20.1 Å². The molecule has 1 aromatic rings. The zero-order valence-electron chi connectivity index (χ0n) is 14.5. The van der Waals surface area contributed by atoms with E-state index in [1.165, 1.54) is 16.0 Å². The van der Waals surface area contributed by atoms with Crippen molar-refractivity contribution in [3.63, 3.8) is 0 Å². The third-order valence-electron chi connectivity index (χ3n) is 3.89. The van der Waals surface area contributed by atoms with Crippen molar-refractivity contribution in [3.8, 4) is 0 Å². The van der Waals surface area contributed by atoms with Crippen molar-refractivity contribution in [2.24, 2.45) is 4.99 Å². The molecule has 1 fully saturated rings. The normalized spacial score (nSPS) is 14.8. The van der Waals surface area contributed by atoms with E-state index in [0.29, 0.717) is 6.54 Å². The lowest BCUT2D eigenvalue weighted by Gasteiger charge is -2.23. The minimum absolute atomic E-state index is 0.0792. The number of guanidine groups is 1. The number of urea groups is 1. The zero-order chi connectivity index (χ0) is 17.5. The van der Waals surface area contributed by atoms with E-state index in [-0.39, 0.29) is 25.0 Å². The highest BCUT2D eigenvalue weighted by molar-refractivity contribution is 6.01. The zero-order valence-corrected chi connectivity index (χ0v) is 14.5. The van der Waals surface area contributed by atoms with Gasteiger partial charge in [-0.2, -0.15) is 0 Å². The van der Waals surface area contributed by atoms with Crippen LogP contribution in [-0.4, -0.2) is 60.9 Å². The minimum Gasteiger partial charge on any atom is -0.357 e. The van der Waals surface area contributed by atoms with Crippen molar-refractivity contribution in [1.82, 2.24) is 20.4 Å². The number of hydrogen-bond donors (Lipinski definition) is 2. The van der Waals surface area contributed by atoms with E-state index < -0.39 is 0 Å². The standard InChI is InChI=1S/C17H25N5O2/c1-4-18-16(19-9-10-22-15(23)11-20-17(22)24)21(3)12-14-8-6-5-7-13(14)2/h5-8H,4,9-12H2,1-3H3,(H,18,19)(H,20,24). The van der Waals surface area contributed by atoms with Crippen LogP contribution in [0, 0.1) is 6.92 Å². The van der Waals surface area contributed by atoms with Gasteiger partial charge in [-0.05, 0) is 25.0 Å². The Hall–Kier alpha value is -2.57. The molecule has 2 N–H and O–H groups in total. The van der Waals surface area contributed by atoms with E-state index in [0.717, 1.165) is 19.0 Å². The van der Waals surface area contributed by atoms with Crippen LogP contribution in [-0.2, 0) is 11.3 Å². The highest BCUT2D eigenvalue weighted by atomic mass is 16.2. The third-order valence-corrected chi connectivity index (χ3v) is 3.89. The first-order valence-electron chi connectivity index (χ1n) is 8.15. The van der Waals surface area contributed by atoms with Crippen LogP contribution in [0.15, 0.2) is 29.3 Å². The summed E-state index contributed by atoms with van der Waals surface area (Å²) < 4.78 is 0. The molecule has 0 spiro atoms. The van der Waals surface area contributed by atoms with Crippen molar-refractivity contribution in [2.75, 3.05) is 33.2 Å². The fourth-order valence-corrected chi connectivity index (χ4v) is 2.53. The molecule has 7 nitrogen and oxygen atoms in total. The van der Waals surface area contributed by atoms with Gasteiger partial charge in [0.05, 0.1) is 19.6 Å². The van der Waals surface area contributed by atoms with Gasteiger partial charge in [0.1, 0.15) is 0 Å². The molecule has 1 aliphatic rings. The summed E-state index contributed by atoms with van der Waals surface area (Å²) in [5.74, 6) is 0.557. The van der Waals surface area contributed by atoms with E-state index in [2.05, 4.69) is 34.7 Å². The maximum atomic E-state index is 11.6. The second kappa shape index (κ2) is 8.33. The van der Waals surface area contributed by atoms with Crippen molar-refractivity contribution >= 4 is 17.9 Å². The Morgan fingerprint density at radius 1 is 1.38 bits per heavy atom. The molecule has 24 heavy (non-hydrogen) atoms. The number of rotatable bonds is 6. The number of imide groups is 1. The van der Waals surface area contributed by atoms with Crippen molar-refractivity contribution in [1.29, 1.82) is 0 Å². The number of hydrogen-bond acceptors (Lipinski definition) is 3. The van der Waals surface area contributed by atoms with Gasteiger partial charge in [0.15, 0.2) is 5.96 Å². The van der Waals surface area contributed by atoms with Crippen LogP contribution in [0.4, 0.5) is 4.79 Å². The molecule has 2 rings (SSSR count). The third kappa shape index (κ3) is 4.47. The van der Waals surface area contributed by atoms with E-state index >= 15 is 0 Å². The van der Waals surface area contributed by atoms with Crippen molar-refractivity contribution in [2.45, 2.75) is 20.4 Å². The number of aryl methyl sites for hydroxylation is 1. The number of benzene rings is 1. The van der Waals surface area contributed by atoms with E-state index in [1.807, 2.05) is 31.0 Å². The van der Waals surface area contributed by atoms with Gasteiger partial charge in [-0.15, -0.1) is 0 Å². The first-order chi connectivity index (χ1) is 11.5. The molecule has 0 unspecified atom stereocenters. The summed E-state index contributed by atoms with van der Waals surface area (Å²) in [6.45, 7) is 6.33. The fourth-order valence-electron chi connectivity index (χ4n) is 2.53. The smallest absolute Gasteiger partial charge is 0.324 e. The Kier molecular flexibility index (Phi) is 6.17. The summed E-state index contributed by atoms with van der Waals surface area (Å²) >= 11 is 0. The van der Waals surface area contributed by atoms with Gasteiger partial charge < -0.3 is 15.5 Å². The second-order valence-electron chi connectivity index (χ2n) is 5.72. The number of nitrogens with one attached hydrogen (secondary N) is 2.